The number of hydrogen-bond acceptors (Lipinski definition) is 4. The van der Waals surface area contributed by atoms with Gasteiger partial charge in [-0.2, -0.15) is 0 Å². The van der Waals surface area contributed by atoms with Crippen LogP contribution in [0.25, 0.3) is 0 Å². The third-order valence-corrected chi connectivity index (χ3v) is 3.05. The van der Waals surface area contributed by atoms with E-state index in [1.807, 2.05) is 0 Å². The smallest absolute Gasteiger partial charge is 0.238 e. The van der Waals surface area contributed by atoms with Gasteiger partial charge in [0.2, 0.25) is 5.91 Å². The van der Waals surface area contributed by atoms with Crippen LogP contribution in [0.15, 0.2) is 0 Å². The van der Waals surface area contributed by atoms with Gasteiger partial charge in [-0.25, -0.2) is 0 Å². The van der Waals surface area contributed by atoms with Gasteiger partial charge in [0.15, 0.2) is 0 Å². The first-order valence-electron chi connectivity index (χ1n) is 4.81. The molecule has 0 radical (unpaired) electrons. The average Bonchev–Trinajstić information content (AvgIpc) is 2.67. The Labute approximate surface area is 89.2 Å². The zero-order valence-electron chi connectivity index (χ0n) is 8.71. The Morgan fingerprint density at radius 2 is 2.57 bits per heavy atom. The summed E-state index contributed by atoms with van der Waals surface area (Å²) in [5.41, 5.74) is 0. The molecule has 0 aliphatic carbocycles. The number of ether oxygens (including phenoxy) is 1. The van der Waals surface area contributed by atoms with Gasteiger partial charge in [0.05, 0.1) is 12.6 Å². The molecule has 82 valence electrons. The van der Waals surface area contributed by atoms with Gasteiger partial charge in [-0.15, -0.1) is 11.8 Å². The van der Waals surface area contributed by atoms with Gasteiger partial charge in [-0.1, -0.05) is 6.92 Å². The summed E-state index contributed by atoms with van der Waals surface area (Å²) in [5, 5.41) is 6.05. The van der Waals surface area contributed by atoms with Crippen LogP contribution in [0, 0.1) is 5.92 Å². The molecule has 1 saturated heterocycles. The van der Waals surface area contributed by atoms with Crippen molar-refractivity contribution < 1.29 is 9.53 Å². The van der Waals surface area contributed by atoms with E-state index in [1.165, 1.54) is 0 Å². The van der Waals surface area contributed by atoms with Crippen LogP contribution < -0.4 is 10.6 Å². The molecule has 1 fully saturated rings. The Morgan fingerprint density at radius 1 is 1.79 bits per heavy atom. The highest BCUT2D eigenvalue weighted by Crippen LogP contribution is 2.09. The predicted molar refractivity (Wildman–Crippen MR) is 58.3 cm³/mol. The van der Waals surface area contributed by atoms with Crippen molar-refractivity contribution in [2.24, 2.45) is 5.92 Å². The zero-order valence-corrected chi connectivity index (χ0v) is 9.52. The van der Waals surface area contributed by atoms with Crippen LogP contribution in [-0.4, -0.2) is 43.8 Å². The molecule has 1 rings (SSSR count). The molecule has 0 aromatic rings. The highest BCUT2D eigenvalue weighted by Gasteiger charge is 2.22. The summed E-state index contributed by atoms with van der Waals surface area (Å²) >= 11 is 1.76. The maximum Gasteiger partial charge on any atom is 0.238 e. The molecule has 0 bridgehead atoms. The second-order valence-electron chi connectivity index (χ2n) is 3.58. The molecule has 14 heavy (non-hydrogen) atoms. The fraction of sp³-hybridized carbons (Fsp3) is 0.889. The first-order valence-corrected chi connectivity index (χ1v) is 5.97. The summed E-state index contributed by atoms with van der Waals surface area (Å²) < 4.78 is 4.99. The topological polar surface area (TPSA) is 50.4 Å². The molecule has 0 aromatic carbocycles. The maximum absolute atomic E-state index is 11.5. The van der Waals surface area contributed by atoms with Crippen LogP contribution in [-0.2, 0) is 9.53 Å². The van der Waals surface area contributed by atoms with Crippen molar-refractivity contribution in [2.45, 2.75) is 13.0 Å². The molecule has 1 aliphatic rings. The van der Waals surface area contributed by atoms with E-state index in [4.69, 9.17) is 4.74 Å². The van der Waals surface area contributed by atoms with Gasteiger partial charge in [0, 0.05) is 25.3 Å². The molecule has 1 amide bonds. The van der Waals surface area contributed by atoms with Crippen LogP contribution in [0.3, 0.4) is 0 Å². The van der Waals surface area contributed by atoms with Crippen LogP contribution >= 0.6 is 11.8 Å². The Hall–Kier alpha value is -0.260. The SMILES string of the molecule is COCC(C)CNC(=O)C1CSCN1. The van der Waals surface area contributed by atoms with Crippen molar-refractivity contribution >= 4 is 17.7 Å². The average molecular weight is 218 g/mol. The number of rotatable bonds is 5. The lowest BCUT2D eigenvalue weighted by Crippen LogP contribution is -2.43. The number of carbonyl (C=O) groups excluding carboxylic acids is 1. The van der Waals surface area contributed by atoms with E-state index in [-0.39, 0.29) is 11.9 Å². The molecular formula is C9H18N2O2S. The number of carbonyl (C=O) groups is 1. The molecular weight excluding hydrogens is 200 g/mol. The minimum atomic E-state index is -0.00487. The predicted octanol–water partition coefficient (Wildman–Crippen LogP) is 0.0476. The van der Waals surface area contributed by atoms with Crippen LogP contribution in [0.5, 0.6) is 0 Å². The van der Waals surface area contributed by atoms with E-state index in [1.54, 1.807) is 18.9 Å². The summed E-state index contributed by atoms with van der Waals surface area (Å²) in [7, 11) is 1.67. The second-order valence-corrected chi connectivity index (χ2v) is 4.61. The standard InChI is InChI=1S/C9H18N2O2S/c1-7(4-13-2)3-10-9(12)8-5-14-6-11-8/h7-8,11H,3-6H2,1-2H3,(H,10,12). The normalized spacial score (nSPS) is 23.4. The highest BCUT2D eigenvalue weighted by atomic mass is 32.2. The first-order chi connectivity index (χ1) is 6.74. The van der Waals surface area contributed by atoms with E-state index in [2.05, 4.69) is 17.6 Å². The van der Waals surface area contributed by atoms with E-state index in [9.17, 15) is 4.79 Å². The van der Waals surface area contributed by atoms with Gasteiger partial charge in [0.25, 0.3) is 0 Å². The van der Waals surface area contributed by atoms with Gasteiger partial charge in [0.1, 0.15) is 0 Å². The Balaban J connectivity index is 2.13. The van der Waals surface area contributed by atoms with Gasteiger partial charge < -0.3 is 10.1 Å². The zero-order chi connectivity index (χ0) is 10.4. The fourth-order valence-electron chi connectivity index (χ4n) is 1.31. The van der Waals surface area contributed by atoms with Gasteiger partial charge >= 0.3 is 0 Å². The van der Waals surface area contributed by atoms with E-state index >= 15 is 0 Å². The van der Waals surface area contributed by atoms with Crippen molar-refractivity contribution in [3.8, 4) is 0 Å². The molecule has 1 aliphatic heterocycles. The number of methoxy groups -OCH3 is 1. The lowest BCUT2D eigenvalue weighted by molar-refractivity contribution is -0.122. The van der Waals surface area contributed by atoms with E-state index in [0.29, 0.717) is 19.1 Å². The van der Waals surface area contributed by atoms with Crippen LogP contribution in [0.4, 0.5) is 0 Å². The van der Waals surface area contributed by atoms with Crippen molar-refractivity contribution in [3.05, 3.63) is 0 Å². The fourth-order valence-corrected chi connectivity index (χ4v) is 2.25. The molecule has 2 unspecified atom stereocenters. The third kappa shape index (κ3) is 3.86. The van der Waals surface area contributed by atoms with Crippen molar-refractivity contribution in [2.75, 3.05) is 31.9 Å². The summed E-state index contributed by atoms with van der Waals surface area (Å²) in [6, 6.07) is -0.00487. The lowest BCUT2D eigenvalue weighted by atomic mass is 10.2. The minimum absolute atomic E-state index is 0.00487. The molecule has 4 nitrogen and oxygen atoms in total. The van der Waals surface area contributed by atoms with Crippen LogP contribution in [0.2, 0.25) is 0 Å². The van der Waals surface area contributed by atoms with Gasteiger partial charge in [-0.3, -0.25) is 10.1 Å². The molecule has 0 saturated carbocycles. The maximum atomic E-state index is 11.5. The largest absolute Gasteiger partial charge is 0.384 e. The van der Waals surface area contributed by atoms with Crippen molar-refractivity contribution in [3.63, 3.8) is 0 Å². The molecule has 0 spiro atoms. The number of hydrogen-bond donors (Lipinski definition) is 2. The third-order valence-electron chi connectivity index (χ3n) is 2.11. The van der Waals surface area contributed by atoms with E-state index < -0.39 is 0 Å². The first kappa shape index (κ1) is 11.8. The number of amides is 1. The summed E-state index contributed by atoms with van der Waals surface area (Å²) in [6.45, 7) is 3.43. The van der Waals surface area contributed by atoms with Crippen LogP contribution in [0.1, 0.15) is 6.92 Å². The second kappa shape index (κ2) is 6.27. The summed E-state index contributed by atoms with van der Waals surface area (Å²) in [4.78, 5) is 11.5. The molecule has 1 heterocycles. The highest BCUT2D eigenvalue weighted by molar-refractivity contribution is 7.99. The Kier molecular flexibility index (Phi) is 5.29. The molecule has 2 N–H and O–H groups in total. The number of nitrogens with one attached hydrogen (secondary N) is 2. The van der Waals surface area contributed by atoms with Gasteiger partial charge in [-0.05, 0) is 5.92 Å². The quantitative estimate of drug-likeness (QED) is 0.684. The van der Waals surface area contributed by atoms with Crippen molar-refractivity contribution in [1.29, 1.82) is 0 Å². The Bertz CT molecular complexity index is 184. The lowest BCUT2D eigenvalue weighted by Gasteiger charge is -2.14. The van der Waals surface area contributed by atoms with Crippen molar-refractivity contribution in [1.82, 2.24) is 10.6 Å². The minimum Gasteiger partial charge on any atom is -0.384 e. The molecule has 0 aromatic heterocycles. The number of thioether (sulfide) groups is 1. The monoisotopic (exact) mass is 218 g/mol. The Morgan fingerprint density at radius 3 is 3.14 bits per heavy atom. The summed E-state index contributed by atoms with van der Waals surface area (Å²) in [5.74, 6) is 2.24. The molecule has 2 atom stereocenters. The molecule has 5 heteroatoms. The van der Waals surface area contributed by atoms with E-state index in [0.717, 1.165) is 11.6 Å². The summed E-state index contributed by atoms with van der Waals surface area (Å²) in [6.07, 6.45) is 0.